The van der Waals surface area contributed by atoms with E-state index in [-0.39, 0.29) is 23.7 Å². The van der Waals surface area contributed by atoms with Crippen molar-refractivity contribution in [2.75, 3.05) is 33.4 Å². The number of morpholine rings is 1. The van der Waals surface area contributed by atoms with Crippen molar-refractivity contribution in [2.24, 2.45) is 0 Å². The van der Waals surface area contributed by atoms with Gasteiger partial charge in [0.2, 0.25) is 10.0 Å². The van der Waals surface area contributed by atoms with E-state index in [2.05, 4.69) is 0 Å². The smallest absolute Gasteiger partial charge is 0.246 e. The number of ether oxygens (including phenoxy) is 2. The van der Waals surface area contributed by atoms with Crippen LogP contribution in [0.5, 0.6) is 5.75 Å². The van der Waals surface area contributed by atoms with Gasteiger partial charge in [-0.05, 0) is 23.8 Å². The van der Waals surface area contributed by atoms with E-state index in [1.165, 1.54) is 29.6 Å². The lowest BCUT2D eigenvalue weighted by molar-refractivity contribution is -0.297. The van der Waals surface area contributed by atoms with E-state index in [1.807, 2.05) is 0 Å². The van der Waals surface area contributed by atoms with E-state index in [4.69, 9.17) is 9.47 Å². The Morgan fingerprint density at radius 1 is 1.36 bits per heavy atom. The third-order valence-corrected chi connectivity index (χ3v) is 5.11. The maximum atomic E-state index is 12.7. The Morgan fingerprint density at radius 3 is 2.64 bits per heavy atom. The maximum Gasteiger partial charge on any atom is 0.246 e. The summed E-state index contributed by atoms with van der Waals surface area (Å²) in [7, 11) is -2.36. The Labute approximate surface area is 128 Å². The van der Waals surface area contributed by atoms with Gasteiger partial charge in [-0.2, -0.15) is 4.31 Å². The molecule has 120 valence electrons. The minimum absolute atomic E-state index is 0.00241. The highest BCUT2D eigenvalue weighted by Crippen LogP contribution is 2.28. The molecule has 0 aromatic heterocycles. The van der Waals surface area contributed by atoms with E-state index >= 15 is 0 Å². The van der Waals surface area contributed by atoms with Gasteiger partial charge < -0.3 is 19.4 Å². The molecule has 0 aliphatic carbocycles. The standard InChI is InChI=1S/C14H17NO6S/c1-20-12-4-2-11(3-5-14(16)17)10-13(12)22(18,19)15-6-8-21-9-7-15/h2-5,10H,6-9H2,1H3,(H,16,17)/p-1/b5-3+. The summed E-state index contributed by atoms with van der Waals surface area (Å²) in [6, 6.07) is 4.43. The zero-order valence-electron chi connectivity index (χ0n) is 12.0. The van der Waals surface area contributed by atoms with Crippen LogP contribution in [0.1, 0.15) is 5.56 Å². The first-order chi connectivity index (χ1) is 10.4. The number of rotatable bonds is 5. The van der Waals surface area contributed by atoms with Crippen LogP contribution in [0.2, 0.25) is 0 Å². The number of aliphatic carboxylic acids is 1. The Morgan fingerprint density at radius 2 is 2.05 bits per heavy atom. The SMILES string of the molecule is COc1ccc(/C=C/C(=O)[O-])cc1S(=O)(=O)N1CCOCC1. The summed E-state index contributed by atoms with van der Waals surface area (Å²) < 4.78 is 37.0. The summed E-state index contributed by atoms with van der Waals surface area (Å²) in [5.74, 6) is -1.15. The number of hydrogen-bond donors (Lipinski definition) is 0. The molecule has 1 aromatic rings. The molecule has 1 aliphatic rings. The maximum absolute atomic E-state index is 12.7. The molecule has 0 unspecified atom stereocenters. The van der Waals surface area contributed by atoms with Crippen LogP contribution in [0.15, 0.2) is 29.2 Å². The van der Waals surface area contributed by atoms with Gasteiger partial charge in [0.1, 0.15) is 10.6 Å². The van der Waals surface area contributed by atoms with E-state index in [9.17, 15) is 18.3 Å². The highest BCUT2D eigenvalue weighted by Gasteiger charge is 2.29. The van der Waals surface area contributed by atoms with Gasteiger partial charge in [-0.25, -0.2) is 8.42 Å². The van der Waals surface area contributed by atoms with Crippen molar-refractivity contribution in [3.63, 3.8) is 0 Å². The first kappa shape index (κ1) is 16.5. The molecule has 7 nitrogen and oxygen atoms in total. The van der Waals surface area contributed by atoms with E-state index in [0.29, 0.717) is 18.8 Å². The fourth-order valence-corrected chi connectivity index (χ4v) is 3.69. The largest absolute Gasteiger partial charge is 0.545 e. The molecule has 0 N–H and O–H groups in total. The molecule has 0 saturated carbocycles. The summed E-state index contributed by atoms with van der Waals surface area (Å²) in [4.78, 5) is 10.5. The number of benzene rings is 1. The van der Waals surface area contributed by atoms with Gasteiger partial charge in [0.15, 0.2) is 0 Å². The van der Waals surface area contributed by atoms with Crippen LogP contribution in [0, 0.1) is 0 Å². The molecule has 0 spiro atoms. The summed E-state index contributed by atoms with van der Waals surface area (Å²) in [5.41, 5.74) is 0.428. The van der Waals surface area contributed by atoms with Gasteiger partial charge in [0, 0.05) is 13.1 Å². The number of carbonyl (C=O) groups is 1. The van der Waals surface area contributed by atoms with Gasteiger partial charge in [-0.3, -0.25) is 0 Å². The van der Waals surface area contributed by atoms with Crippen LogP contribution < -0.4 is 9.84 Å². The number of sulfonamides is 1. The Kier molecular flexibility index (Phi) is 5.17. The van der Waals surface area contributed by atoms with Crippen LogP contribution in [0.3, 0.4) is 0 Å². The zero-order valence-corrected chi connectivity index (χ0v) is 12.8. The molecule has 8 heteroatoms. The molecule has 0 bridgehead atoms. The fourth-order valence-electron chi connectivity index (χ4n) is 2.09. The zero-order chi connectivity index (χ0) is 16.2. The van der Waals surface area contributed by atoms with Crippen LogP contribution in [0.25, 0.3) is 6.08 Å². The fraction of sp³-hybridized carbons (Fsp3) is 0.357. The second-order valence-corrected chi connectivity index (χ2v) is 6.49. The number of carbonyl (C=O) groups excluding carboxylic acids is 1. The molecule has 1 saturated heterocycles. The average molecular weight is 326 g/mol. The predicted molar refractivity (Wildman–Crippen MR) is 76.6 cm³/mol. The van der Waals surface area contributed by atoms with Gasteiger partial charge in [-0.15, -0.1) is 0 Å². The molecule has 22 heavy (non-hydrogen) atoms. The third-order valence-electron chi connectivity index (χ3n) is 3.19. The molecular weight excluding hydrogens is 310 g/mol. The van der Waals surface area contributed by atoms with Crippen molar-refractivity contribution in [1.82, 2.24) is 4.31 Å². The molecule has 0 atom stereocenters. The molecule has 2 rings (SSSR count). The lowest BCUT2D eigenvalue weighted by Gasteiger charge is -2.26. The molecule has 1 fully saturated rings. The Hall–Kier alpha value is -1.90. The van der Waals surface area contributed by atoms with Crippen molar-refractivity contribution in [1.29, 1.82) is 0 Å². The first-order valence-electron chi connectivity index (χ1n) is 6.60. The van der Waals surface area contributed by atoms with Gasteiger partial charge in [-0.1, -0.05) is 12.1 Å². The number of carboxylic acids is 1. The number of methoxy groups -OCH3 is 1. The van der Waals surface area contributed by atoms with Crippen molar-refractivity contribution in [2.45, 2.75) is 4.90 Å². The van der Waals surface area contributed by atoms with Gasteiger partial charge >= 0.3 is 0 Å². The summed E-state index contributed by atoms with van der Waals surface area (Å²) in [6.45, 7) is 1.22. The van der Waals surface area contributed by atoms with E-state index < -0.39 is 16.0 Å². The van der Waals surface area contributed by atoms with Crippen molar-refractivity contribution in [3.8, 4) is 5.75 Å². The van der Waals surface area contributed by atoms with Crippen molar-refractivity contribution < 1.29 is 27.8 Å². The molecule has 1 heterocycles. The second kappa shape index (κ2) is 6.91. The minimum atomic E-state index is -3.73. The molecular formula is C14H16NO6S-. The van der Waals surface area contributed by atoms with Crippen LogP contribution in [-0.2, 0) is 19.6 Å². The summed E-state index contributed by atoms with van der Waals surface area (Å²) in [6.07, 6.45) is 2.11. The van der Waals surface area contributed by atoms with Gasteiger partial charge in [0.05, 0.1) is 26.3 Å². The van der Waals surface area contributed by atoms with Crippen molar-refractivity contribution >= 4 is 22.1 Å². The lowest BCUT2D eigenvalue weighted by atomic mass is 10.2. The normalized spacial score (nSPS) is 16.8. The Balaban J connectivity index is 2.42. The van der Waals surface area contributed by atoms with Crippen molar-refractivity contribution in [3.05, 3.63) is 29.8 Å². The Bertz CT molecular complexity index is 677. The molecule has 0 amide bonds. The van der Waals surface area contributed by atoms with Gasteiger partial charge in [0.25, 0.3) is 0 Å². The molecule has 1 aromatic carbocycles. The molecule has 1 aliphatic heterocycles. The first-order valence-corrected chi connectivity index (χ1v) is 8.04. The predicted octanol–water partition coefficient (Wildman–Crippen LogP) is -0.521. The quantitative estimate of drug-likeness (QED) is 0.676. The monoisotopic (exact) mass is 326 g/mol. The highest BCUT2D eigenvalue weighted by molar-refractivity contribution is 7.89. The minimum Gasteiger partial charge on any atom is -0.545 e. The average Bonchev–Trinajstić information content (AvgIpc) is 2.53. The lowest BCUT2D eigenvalue weighted by Crippen LogP contribution is -2.40. The van der Waals surface area contributed by atoms with E-state index in [0.717, 1.165) is 6.08 Å². The van der Waals surface area contributed by atoms with Crippen LogP contribution in [-0.4, -0.2) is 52.1 Å². The summed E-state index contributed by atoms with van der Waals surface area (Å²) in [5, 5.41) is 10.5. The second-order valence-electron chi connectivity index (χ2n) is 4.58. The summed E-state index contributed by atoms with van der Waals surface area (Å²) >= 11 is 0. The number of nitrogens with zero attached hydrogens (tertiary/aromatic N) is 1. The van der Waals surface area contributed by atoms with E-state index in [1.54, 1.807) is 6.07 Å². The van der Waals surface area contributed by atoms with Crippen LogP contribution >= 0.6 is 0 Å². The van der Waals surface area contributed by atoms with Crippen LogP contribution in [0.4, 0.5) is 0 Å². The highest BCUT2D eigenvalue weighted by atomic mass is 32.2. The number of hydrogen-bond acceptors (Lipinski definition) is 6. The number of carboxylic acid groups (broad SMARTS) is 1. The molecule has 0 radical (unpaired) electrons. The topological polar surface area (TPSA) is 96.0 Å². The third kappa shape index (κ3) is 3.65.